The Morgan fingerprint density at radius 1 is 1.00 bits per heavy atom. The minimum absolute atomic E-state index is 0.114. The minimum Gasteiger partial charge on any atom is -0.494 e. The number of imide groups is 1. The second-order valence-corrected chi connectivity index (χ2v) is 8.21. The van der Waals surface area contributed by atoms with Gasteiger partial charge in [0.2, 0.25) is 0 Å². The molecule has 0 atom stereocenters. The van der Waals surface area contributed by atoms with E-state index >= 15 is 0 Å². The molecule has 0 radical (unpaired) electrons. The van der Waals surface area contributed by atoms with E-state index in [1.54, 1.807) is 42.7 Å². The van der Waals surface area contributed by atoms with Crippen LogP contribution in [0.2, 0.25) is 5.02 Å². The molecule has 0 saturated heterocycles. The van der Waals surface area contributed by atoms with Gasteiger partial charge in [0.25, 0.3) is 11.8 Å². The molecule has 2 heterocycles. The normalized spacial score (nSPS) is 13.9. The summed E-state index contributed by atoms with van der Waals surface area (Å²) in [6, 6.07) is 18.0. The number of benzene rings is 2. The van der Waals surface area contributed by atoms with Crippen LogP contribution in [-0.2, 0) is 21.9 Å². The predicted octanol–water partition coefficient (Wildman–Crippen LogP) is 5.55. The van der Waals surface area contributed by atoms with E-state index in [4.69, 9.17) is 20.8 Å². The average Bonchev–Trinajstić information content (AvgIpc) is 3.37. The average molecular weight is 454 g/mol. The van der Waals surface area contributed by atoms with Crippen molar-refractivity contribution in [3.8, 4) is 5.75 Å². The summed E-state index contributed by atoms with van der Waals surface area (Å²) in [5.74, 6) is 1.22. The van der Waals surface area contributed by atoms with E-state index < -0.39 is 0 Å². The summed E-state index contributed by atoms with van der Waals surface area (Å²) >= 11 is 7.57. The van der Waals surface area contributed by atoms with Gasteiger partial charge in [0.15, 0.2) is 0 Å². The minimum atomic E-state index is -0.337. The van der Waals surface area contributed by atoms with Crippen LogP contribution in [0.25, 0.3) is 5.57 Å². The molecule has 0 spiro atoms. The number of nitrogens with zero attached hydrogens (tertiary/aromatic N) is 1. The second kappa shape index (κ2) is 9.45. The van der Waals surface area contributed by atoms with E-state index in [2.05, 4.69) is 0 Å². The van der Waals surface area contributed by atoms with Crippen LogP contribution in [0.3, 0.4) is 0 Å². The summed E-state index contributed by atoms with van der Waals surface area (Å²) in [5.41, 5.74) is 1.77. The number of thioether (sulfide) groups is 1. The highest BCUT2D eigenvalue weighted by atomic mass is 35.5. The molecule has 1 aromatic heterocycles. The van der Waals surface area contributed by atoms with Crippen LogP contribution in [0.4, 0.5) is 0 Å². The molecule has 0 unspecified atom stereocenters. The SMILES string of the molecule is CCOc1ccc(C2=C(SCc3ccco3)C(=O)N(Cc3ccccc3Cl)C2=O)cc1. The molecule has 0 N–H and O–H groups in total. The Morgan fingerprint density at radius 2 is 1.77 bits per heavy atom. The number of carbonyl (C=O) groups excluding carboxylic acids is 2. The lowest BCUT2D eigenvalue weighted by Gasteiger charge is -2.16. The molecule has 31 heavy (non-hydrogen) atoms. The number of halogens is 1. The van der Waals surface area contributed by atoms with E-state index in [9.17, 15) is 9.59 Å². The third-order valence-electron chi connectivity index (χ3n) is 4.80. The van der Waals surface area contributed by atoms with E-state index in [0.717, 1.165) is 5.76 Å². The van der Waals surface area contributed by atoms with Crippen LogP contribution in [0.5, 0.6) is 5.75 Å². The van der Waals surface area contributed by atoms with Gasteiger partial charge in [-0.2, -0.15) is 0 Å². The molecule has 2 amide bonds. The van der Waals surface area contributed by atoms with Crippen LogP contribution in [0.1, 0.15) is 23.8 Å². The first-order chi connectivity index (χ1) is 15.1. The highest BCUT2D eigenvalue weighted by molar-refractivity contribution is 8.03. The van der Waals surface area contributed by atoms with E-state index in [1.807, 2.05) is 31.2 Å². The van der Waals surface area contributed by atoms with E-state index in [-0.39, 0.29) is 18.4 Å². The number of carbonyl (C=O) groups is 2. The molecule has 2 aromatic carbocycles. The maximum absolute atomic E-state index is 13.4. The Morgan fingerprint density at radius 3 is 2.45 bits per heavy atom. The fourth-order valence-electron chi connectivity index (χ4n) is 3.31. The van der Waals surface area contributed by atoms with Gasteiger partial charge in [-0.25, -0.2) is 0 Å². The molecule has 0 fully saturated rings. The van der Waals surface area contributed by atoms with Gasteiger partial charge < -0.3 is 9.15 Å². The summed E-state index contributed by atoms with van der Waals surface area (Å²) < 4.78 is 10.9. The van der Waals surface area contributed by atoms with E-state index in [0.29, 0.717) is 44.7 Å². The van der Waals surface area contributed by atoms with Crippen molar-refractivity contribution in [1.29, 1.82) is 0 Å². The summed E-state index contributed by atoms with van der Waals surface area (Å²) in [5, 5.41) is 0.516. The number of amides is 2. The lowest BCUT2D eigenvalue weighted by atomic mass is 10.1. The molecule has 3 aromatic rings. The van der Waals surface area contributed by atoms with Crippen LogP contribution < -0.4 is 4.74 Å². The van der Waals surface area contributed by atoms with Crippen molar-refractivity contribution >= 4 is 40.8 Å². The monoisotopic (exact) mass is 453 g/mol. The maximum Gasteiger partial charge on any atom is 0.268 e. The molecular weight excluding hydrogens is 434 g/mol. The van der Waals surface area contributed by atoms with Crippen LogP contribution in [-0.4, -0.2) is 23.3 Å². The van der Waals surface area contributed by atoms with E-state index in [1.165, 1.54) is 16.7 Å². The van der Waals surface area contributed by atoms with Gasteiger partial charge in [0.1, 0.15) is 11.5 Å². The Kier molecular flexibility index (Phi) is 6.49. The van der Waals surface area contributed by atoms with Crippen molar-refractivity contribution in [2.45, 2.75) is 19.2 Å². The first kappa shape index (κ1) is 21.3. The number of furan rings is 1. The highest BCUT2D eigenvalue weighted by Gasteiger charge is 2.39. The fraction of sp³-hybridized carbons (Fsp3) is 0.167. The Bertz CT molecular complexity index is 1120. The highest BCUT2D eigenvalue weighted by Crippen LogP contribution is 2.39. The van der Waals surface area contributed by atoms with Crippen molar-refractivity contribution < 1.29 is 18.7 Å². The third kappa shape index (κ3) is 4.55. The van der Waals surface area contributed by atoms with Crippen LogP contribution in [0, 0.1) is 0 Å². The van der Waals surface area contributed by atoms with Gasteiger partial charge in [0.05, 0.1) is 35.6 Å². The van der Waals surface area contributed by atoms with Gasteiger partial charge in [0, 0.05) is 5.02 Å². The zero-order valence-electron chi connectivity index (χ0n) is 16.8. The van der Waals surface area contributed by atoms with Gasteiger partial charge in [-0.05, 0) is 48.4 Å². The van der Waals surface area contributed by atoms with Crippen LogP contribution >= 0.6 is 23.4 Å². The van der Waals surface area contributed by atoms with Crippen molar-refractivity contribution in [3.05, 3.63) is 93.7 Å². The Labute approximate surface area is 189 Å². The predicted molar refractivity (Wildman–Crippen MR) is 122 cm³/mol. The molecule has 1 aliphatic rings. The number of rotatable bonds is 8. The first-order valence-electron chi connectivity index (χ1n) is 9.80. The lowest BCUT2D eigenvalue weighted by Crippen LogP contribution is -2.31. The Balaban J connectivity index is 1.67. The molecule has 1 aliphatic heterocycles. The maximum atomic E-state index is 13.4. The topological polar surface area (TPSA) is 59.8 Å². The Hall–Kier alpha value is -2.96. The smallest absolute Gasteiger partial charge is 0.268 e. The molecule has 7 heteroatoms. The summed E-state index contributed by atoms with van der Waals surface area (Å²) in [4.78, 5) is 28.3. The van der Waals surface area contributed by atoms with Crippen molar-refractivity contribution in [3.63, 3.8) is 0 Å². The fourth-order valence-corrected chi connectivity index (χ4v) is 4.53. The third-order valence-corrected chi connectivity index (χ3v) is 6.27. The quantitative estimate of drug-likeness (QED) is 0.419. The molecule has 0 saturated carbocycles. The van der Waals surface area contributed by atoms with Gasteiger partial charge in [-0.1, -0.05) is 41.9 Å². The summed E-state index contributed by atoms with van der Waals surface area (Å²) in [6.07, 6.45) is 1.59. The number of hydrogen-bond acceptors (Lipinski definition) is 5. The first-order valence-corrected chi connectivity index (χ1v) is 11.2. The van der Waals surface area contributed by atoms with Crippen molar-refractivity contribution in [2.24, 2.45) is 0 Å². The zero-order valence-corrected chi connectivity index (χ0v) is 18.4. The van der Waals surface area contributed by atoms with Gasteiger partial charge in [-0.3, -0.25) is 14.5 Å². The zero-order chi connectivity index (χ0) is 21.8. The lowest BCUT2D eigenvalue weighted by molar-refractivity contribution is -0.137. The molecule has 158 valence electrons. The molecule has 5 nitrogen and oxygen atoms in total. The summed E-state index contributed by atoms with van der Waals surface area (Å²) in [7, 11) is 0. The largest absolute Gasteiger partial charge is 0.494 e. The standard InChI is InChI=1S/C24H20ClNO4S/c1-2-29-18-11-9-16(10-12-18)21-22(31-15-19-7-5-13-30-19)24(28)26(23(21)27)14-17-6-3-4-8-20(17)25/h3-13H,2,14-15H2,1H3. The van der Waals surface area contributed by atoms with Crippen LogP contribution in [0.15, 0.2) is 76.2 Å². The number of hydrogen-bond donors (Lipinski definition) is 0. The second-order valence-electron chi connectivity index (χ2n) is 6.82. The molecule has 0 aliphatic carbocycles. The van der Waals surface area contributed by atoms with Crippen molar-refractivity contribution in [2.75, 3.05) is 6.61 Å². The number of ether oxygens (including phenoxy) is 1. The van der Waals surface area contributed by atoms with Gasteiger partial charge >= 0.3 is 0 Å². The molecule has 4 rings (SSSR count). The summed E-state index contributed by atoms with van der Waals surface area (Å²) in [6.45, 7) is 2.57. The van der Waals surface area contributed by atoms with Gasteiger partial charge in [-0.15, -0.1) is 11.8 Å². The van der Waals surface area contributed by atoms with Crippen molar-refractivity contribution in [1.82, 2.24) is 4.90 Å². The molecule has 0 bridgehead atoms. The molecular formula is C24H20ClNO4S.